The molecular weight excluding hydrogens is 407 g/mol. The number of aromatic nitrogens is 2. The highest BCUT2D eigenvalue weighted by molar-refractivity contribution is 6.31. The van der Waals surface area contributed by atoms with Crippen LogP contribution < -0.4 is 10.6 Å². The summed E-state index contributed by atoms with van der Waals surface area (Å²) in [5.41, 5.74) is 2.62. The number of nitrogens with one attached hydrogen (secondary N) is 2. The first kappa shape index (κ1) is 19.8. The molecule has 0 atom stereocenters. The molecule has 2 heterocycles. The zero-order chi connectivity index (χ0) is 20.9. The van der Waals surface area contributed by atoms with Gasteiger partial charge in [0, 0.05) is 47.0 Å². The van der Waals surface area contributed by atoms with Crippen molar-refractivity contribution in [3.8, 4) is 11.3 Å². The van der Waals surface area contributed by atoms with Crippen molar-refractivity contribution in [1.82, 2.24) is 15.5 Å². The molecule has 0 aliphatic rings. The van der Waals surface area contributed by atoms with Gasteiger partial charge in [0.25, 0.3) is 5.91 Å². The summed E-state index contributed by atoms with van der Waals surface area (Å²) < 4.78 is 18.2. The number of hydrogen-bond donors (Lipinski definition) is 2. The summed E-state index contributed by atoms with van der Waals surface area (Å²) in [5, 5.41) is 11.6. The van der Waals surface area contributed by atoms with Crippen LogP contribution in [0.1, 0.15) is 16.9 Å². The minimum Gasteiger partial charge on any atom is -0.384 e. The third-order valence-corrected chi connectivity index (χ3v) is 4.77. The molecule has 0 radical (unpaired) electrons. The Morgan fingerprint density at radius 3 is 2.73 bits per heavy atom. The fraction of sp³-hybridized carbons (Fsp3) is 0.136. The molecule has 0 unspecified atom stereocenters. The van der Waals surface area contributed by atoms with Crippen molar-refractivity contribution >= 4 is 34.1 Å². The molecule has 2 N–H and O–H groups in total. The van der Waals surface area contributed by atoms with Crippen LogP contribution in [0, 0.1) is 5.82 Å². The van der Waals surface area contributed by atoms with Crippen molar-refractivity contribution in [3.05, 3.63) is 77.3 Å². The SMILES string of the molecule is O=C(NCCCNc1ccnc2cc(Cl)ccc12)c1cc(-c2ccc(F)cc2)on1. The number of rotatable bonds is 7. The Morgan fingerprint density at radius 1 is 1.07 bits per heavy atom. The minimum atomic E-state index is -0.339. The summed E-state index contributed by atoms with van der Waals surface area (Å²) in [6, 6.07) is 14.8. The fourth-order valence-electron chi connectivity index (χ4n) is 3.01. The summed E-state index contributed by atoms with van der Waals surface area (Å²) in [4.78, 5) is 16.6. The standard InChI is InChI=1S/C22H18ClFN4O2/c23-15-4-7-17-18(8-11-26-19(17)12-15)25-9-1-10-27-22(29)20-13-21(30-28-20)14-2-5-16(24)6-3-14/h2-8,11-13H,1,9-10H2,(H,25,26)(H,27,29). The molecule has 0 saturated heterocycles. The number of halogens is 2. The van der Waals surface area contributed by atoms with E-state index in [9.17, 15) is 9.18 Å². The molecule has 152 valence electrons. The van der Waals surface area contributed by atoms with Crippen LogP contribution in [0.25, 0.3) is 22.2 Å². The number of hydrogen-bond acceptors (Lipinski definition) is 5. The number of carbonyl (C=O) groups is 1. The van der Waals surface area contributed by atoms with Crippen molar-refractivity contribution in [2.24, 2.45) is 0 Å². The van der Waals surface area contributed by atoms with E-state index >= 15 is 0 Å². The van der Waals surface area contributed by atoms with Gasteiger partial charge in [-0.2, -0.15) is 0 Å². The smallest absolute Gasteiger partial charge is 0.273 e. The van der Waals surface area contributed by atoms with Gasteiger partial charge in [-0.1, -0.05) is 16.8 Å². The Hall–Kier alpha value is -3.45. The number of anilines is 1. The van der Waals surface area contributed by atoms with Crippen molar-refractivity contribution in [2.75, 3.05) is 18.4 Å². The number of nitrogens with zero attached hydrogens (tertiary/aromatic N) is 2. The first-order valence-electron chi connectivity index (χ1n) is 9.39. The predicted octanol–water partition coefficient (Wildman–Crippen LogP) is 4.91. The molecule has 0 spiro atoms. The summed E-state index contributed by atoms with van der Waals surface area (Å²) in [6.45, 7) is 1.14. The molecule has 4 rings (SSSR count). The first-order chi connectivity index (χ1) is 14.6. The fourth-order valence-corrected chi connectivity index (χ4v) is 3.18. The van der Waals surface area contributed by atoms with E-state index in [1.54, 1.807) is 18.3 Å². The molecular formula is C22H18ClFN4O2. The average Bonchev–Trinajstić information content (AvgIpc) is 3.24. The van der Waals surface area contributed by atoms with E-state index in [0.29, 0.717) is 35.9 Å². The maximum Gasteiger partial charge on any atom is 0.273 e. The normalized spacial score (nSPS) is 10.9. The van der Waals surface area contributed by atoms with Crippen molar-refractivity contribution in [1.29, 1.82) is 0 Å². The van der Waals surface area contributed by atoms with Crippen molar-refractivity contribution in [3.63, 3.8) is 0 Å². The molecule has 8 heteroatoms. The second-order valence-corrected chi connectivity index (χ2v) is 7.08. The van der Waals surface area contributed by atoms with Gasteiger partial charge in [0.1, 0.15) is 5.82 Å². The second-order valence-electron chi connectivity index (χ2n) is 6.64. The second kappa shape index (κ2) is 8.92. The third-order valence-electron chi connectivity index (χ3n) is 4.53. The Morgan fingerprint density at radius 2 is 1.90 bits per heavy atom. The Kier molecular flexibility index (Phi) is 5.90. The van der Waals surface area contributed by atoms with E-state index in [-0.39, 0.29) is 17.4 Å². The molecule has 0 bridgehead atoms. The first-order valence-corrected chi connectivity index (χ1v) is 9.77. The summed E-state index contributed by atoms with van der Waals surface area (Å²) >= 11 is 6.01. The molecule has 6 nitrogen and oxygen atoms in total. The number of carbonyl (C=O) groups excluding carboxylic acids is 1. The lowest BCUT2D eigenvalue weighted by atomic mass is 10.1. The van der Waals surface area contributed by atoms with Gasteiger partial charge in [0.2, 0.25) is 0 Å². The highest BCUT2D eigenvalue weighted by atomic mass is 35.5. The summed E-state index contributed by atoms with van der Waals surface area (Å²) in [7, 11) is 0. The van der Waals surface area contributed by atoms with E-state index in [1.165, 1.54) is 18.2 Å². The van der Waals surface area contributed by atoms with E-state index in [1.807, 2.05) is 24.3 Å². The molecule has 0 fully saturated rings. The molecule has 2 aromatic heterocycles. The monoisotopic (exact) mass is 424 g/mol. The summed E-state index contributed by atoms with van der Waals surface area (Å²) in [5.74, 6) is -0.254. The zero-order valence-corrected chi connectivity index (χ0v) is 16.6. The number of fused-ring (bicyclic) bond motifs is 1. The molecule has 4 aromatic rings. The molecule has 0 saturated carbocycles. The van der Waals surface area contributed by atoms with E-state index in [0.717, 1.165) is 16.6 Å². The molecule has 30 heavy (non-hydrogen) atoms. The van der Waals surface area contributed by atoms with Gasteiger partial charge in [0.05, 0.1) is 5.52 Å². The van der Waals surface area contributed by atoms with Gasteiger partial charge in [-0.05, 0) is 55.0 Å². The van der Waals surface area contributed by atoms with Gasteiger partial charge in [-0.15, -0.1) is 0 Å². The number of benzene rings is 2. The van der Waals surface area contributed by atoms with Crippen LogP contribution in [0.3, 0.4) is 0 Å². The van der Waals surface area contributed by atoms with Crippen LogP contribution in [0.2, 0.25) is 5.02 Å². The lowest BCUT2D eigenvalue weighted by Gasteiger charge is -2.09. The van der Waals surface area contributed by atoms with Crippen LogP contribution in [-0.2, 0) is 0 Å². The molecule has 2 aromatic carbocycles. The highest BCUT2D eigenvalue weighted by Crippen LogP contribution is 2.24. The van der Waals surface area contributed by atoms with Crippen molar-refractivity contribution < 1.29 is 13.7 Å². The minimum absolute atomic E-state index is 0.180. The molecule has 0 aliphatic heterocycles. The van der Waals surface area contributed by atoms with Gasteiger partial charge in [0.15, 0.2) is 11.5 Å². The van der Waals surface area contributed by atoms with E-state index < -0.39 is 0 Å². The Bertz CT molecular complexity index is 1180. The third kappa shape index (κ3) is 4.58. The van der Waals surface area contributed by atoms with Crippen molar-refractivity contribution in [2.45, 2.75) is 6.42 Å². The van der Waals surface area contributed by atoms with E-state index in [4.69, 9.17) is 16.1 Å². The molecule has 0 aliphatic carbocycles. The predicted molar refractivity (Wildman–Crippen MR) is 114 cm³/mol. The quantitative estimate of drug-likeness (QED) is 0.412. The number of amides is 1. The van der Waals surface area contributed by atoms with E-state index in [2.05, 4.69) is 20.8 Å². The molecule has 1 amide bonds. The Labute approximate surface area is 177 Å². The van der Waals surface area contributed by atoms with Crippen LogP contribution in [0.15, 0.2) is 65.3 Å². The number of pyridine rings is 1. The summed E-state index contributed by atoms with van der Waals surface area (Å²) in [6.07, 6.45) is 2.44. The maximum atomic E-state index is 13.0. The highest BCUT2D eigenvalue weighted by Gasteiger charge is 2.13. The lowest BCUT2D eigenvalue weighted by molar-refractivity contribution is 0.0944. The average molecular weight is 425 g/mol. The Balaban J connectivity index is 1.27. The largest absolute Gasteiger partial charge is 0.384 e. The maximum absolute atomic E-state index is 13.0. The van der Waals surface area contributed by atoms with Crippen LogP contribution in [0.4, 0.5) is 10.1 Å². The zero-order valence-electron chi connectivity index (χ0n) is 15.9. The van der Waals surface area contributed by atoms with Gasteiger partial charge >= 0.3 is 0 Å². The van der Waals surface area contributed by atoms with Crippen LogP contribution >= 0.6 is 11.6 Å². The van der Waals surface area contributed by atoms with Gasteiger partial charge in [-0.25, -0.2) is 4.39 Å². The van der Waals surface area contributed by atoms with Gasteiger partial charge < -0.3 is 15.2 Å². The van der Waals surface area contributed by atoms with Crippen LogP contribution in [0.5, 0.6) is 0 Å². The van der Waals surface area contributed by atoms with Gasteiger partial charge in [-0.3, -0.25) is 9.78 Å². The topological polar surface area (TPSA) is 80.0 Å². The lowest BCUT2D eigenvalue weighted by Crippen LogP contribution is -2.26. The van der Waals surface area contributed by atoms with Crippen LogP contribution in [-0.4, -0.2) is 29.1 Å².